The van der Waals surface area contributed by atoms with E-state index in [4.69, 9.17) is 5.11 Å². The summed E-state index contributed by atoms with van der Waals surface area (Å²) in [4.78, 5) is 12.0. The molecule has 0 aliphatic heterocycles. The highest BCUT2D eigenvalue weighted by molar-refractivity contribution is 7.10. The molecule has 1 aromatic heterocycles. The number of hydrogen-bond acceptors (Lipinski definition) is 2. The van der Waals surface area contributed by atoms with Gasteiger partial charge in [0.15, 0.2) is 0 Å². The number of aryl methyl sites for hydroxylation is 2. The van der Waals surface area contributed by atoms with Crippen molar-refractivity contribution in [2.24, 2.45) is 0 Å². The van der Waals surface area contributed by atoms with Gasteiger partial charge in [0.1, 0.15) is 0 Å². The highest BCUT2D eigenvalue weighted by Gasteiger charge is 2.15. The van der Waals surface area contributed by atoms with E-state index in [0.717, 1.165) is 6.42 Å². The lowest BCUT2D eigenvalue weighted by atomic mass is 9.94. The van der Waals surface area contributed by atoms with Gasteiger partial charge in [-0.2, -0.15) is 0 Å². The van der Waals surface area contributed by atoms with Crippen LogP contribution >= 0.6 is 11.3 Å². The third-order valence-electron chi connectivity index (χ3n) is 2.76. The largest absolute Gasteiger partial charge is 0.481 e. The van der Waals surface area contributed by atoms with Crippen molar-refractivity contribution in [2.75, 3.05) is 0 Å². The van der Waals surface area contributed by atoms with Crippen LogP contribution in [-0.4, -0.2) is 11.1 Å². The zero-order valence-electron chi connectivity index (χ0n) is 8.08. The quantitative estimate of drug-likeness (QED) is 0.832. The Kier molecular flexibility index (Phi) is 2.87. The first-order valence-electron chi connectivity index (χ1n) is 5.07. The van der Waals surface area contributed by atoms with E-state index in [-0.39, 0.29) is 6.42 Å². The van der Waals surface area contributed by atoms with Crippen molar-refractivity contribution in [3.8, 4) is 0 Å². The Bertz CT molecular complexity index is 341. The van der Waals surface area contributed by atoms with Gasteiger partial charge in [0.2, 0.25) is 0 Å². The summed E-state index contributed by atoms with van der Waals surface area (Å²) < 4.78 is 0. The third kappa shape index (κ3) is 1.98. The van der Waals surface area contributed by atoms with Gasteiger partial charge in [0.05, 0.1) is 0 Å². The zero-order chi connectivity index (χ0) is 9.97. The van der Waals surface area contributed by atoms with E-state index in [0.29, 0.717) is 6.42 Å². The highest BCUT2D eigenvalue weighted by Crippen LogP contribution is 2.30. The summed E-state index contributed by atoms with van der Waals surface area (Å²) in [6, 6.07) is 0. The molecule has 0 atom stereocenters. The lowest BCUT2D eigenvalue weighted by Gasteiger charge is -2.12. The molecule has 1 heterocycles. The van der Waals surface area contributed by atoms with E-state index in [1.165, 1.54) is 35.3 Å². The molecule has 1 N–H and O–H groups in total. The van der Waals surface area contributed by atoms with E-state index in [1.54, 1.807) is 0 Å². The molecular weight excluding hydrogens is 196 g/mol. The molecule has 0 fully saturated rings. The van der Waals surface area contributed by atoms with Crippen molar-refractivity contribution in [3.05, 3.63) is 21.4 Å². The normalized spacial score (nSPS) is 15.1. The molecule has 0 unspecified atom stereocenters. The molecule has 0 radical (unpaired) electrons. The summed E-state index contributed by atoms with van der Waals surface area (Å²) in [6.45, 7) is 0. The fraction of sp³-hybridized carbons (Fsp3) is 0.545. The van der Waals surface area contributed by atoms with Crippen LogP contribution in [0.3, 0.4) is 0 Å². The van der Waals surface area contributed by atoms with Crippen molar-refractivity contribution in [2.45, 2.75) is 38.5 Å². The Labute approximate surface area is 87.6 Å². The molecule has 3 heteroatoms. The van der Waals surface area contributed by atoms with Gasteiger partial charge in [-0.15, -0.1) is 11.3 Å². The number of thiophene rings is 1. The second-order valence-electron chi connectivity index (χ2n) is 3.76. The summed E-state index contributed by atoms with van der Waals surface area (Å²) in [7, 11) is 0. The molecule has 0 bridgehead atoms. The lowest BCUT2D eigenvalue weighted by molar-refractivity contribution is -0.136. The molecule has 1 aliphatic rings. The number of carboxylic acids is 1. The summed E-state index contributed by atoms with van der Waals surface area (Å²) in [6.07, 6.45) is 5.90. The van der Waals surface area contributed by atoms with Crippen LogP contribution in [0.2, 0.25) is 0 Å². The van der Waals surface area contributed by atoms with Crippen LogP contribution in [0.15, 0.2) is 5.38 Å². The van der Waals surface area contributed by atoms with Crippen molar-refractivity contribution in [1.29, 1.82) is 0 Å². The third-order valence-corrected chi connectivity index (χ3v) is 3.89. The highest BCUT2D eigenvalue weighted by atomic mass is 32.1. The minimum absolute atomic E-state index is 0.267. The van der Waals surface area contributed by atoms with Gasteiger partial charge >= 0.3 is 5.97 Å². The number of aliphatic carboxylic acids is 1. The molecule has 0 aromatic carbocycles. The number of hydrogen-bond donors (Lipinski definition) is 1. The van der Waals surface area contributed by atoms with Crippen LogP contribution in [-0.2, 0) is 24.1 Å². The van der Waals surface area contributed by atoms with E-state index >= 15 is 0 Å². The molecule has 0 saturated carbocycles. The Morgan fingerprint density at radius 2 is 2.21 bits per heavy atom. The van der Waals surface area contributed by atoms with E-state index < -0.39 is 5.97 Å². The fourth-order valence-corrected chi connectivity index (χ4v) is 3.19. The standard InChI is InChI=1S/C11H14O2S/c12-11(13)6-5-8-7-14-10-4-2-1-3-9(8)10/h7H,1-6H2,(H,12,13). The molecule has 2 nitrogen and oxygen atoms in total. The molecule has 76 valence electrons. The molecule has 1 aromatic rings. The van der Waals surface area contributed by atoms with Gasteiger partial charge in [-0.3, -0.25) is 4.79 Å². The first-order chi connectivity index (χ1) is 6.77. The minimum atomic E-state index is -0.694. The SMILES string of the molecule is O=C(O)CCc1csc2c1CCCC2. The van der Waals surface area contributed by atoms with Crippen LogP contribution < -0.4 is 0 Å². The predicted octanol–water partition coefficient (Wildman–Crippen LogP) is 2.64. The second kappa shape index (κ2) is 4.13. The number of carboxylic acid groups (broad SMARTS) is 1. The van der Waals surface area contributed by atoms with Gasteiger partial charge in [-0.1, -0.05) is 0 Å². The Morgan fingerprint density at radius 3 is 3.00 bits per heavy atom. The predicted molar refractivity (Wildman–Crippen MR) is 56.9 cm³/mol. The van der Waals surface area contributed by atoms with Gasteiger partial charge in [-0.05, 0) is 48.6 Å². The molecule has 1 aliphatic carbocycles. The maximum atomic E-state index is 10.5. The lowest BCUT2D eigenvalue weighted by Crippen LogP contribution is -2.03. The van der Waals surface area contributed by atoms with E-state index in [9.17, 15) is 4.79 Å². The average Bonchev–Trinajstić information content (AvgIpc) is 2.58. The first kappa shape index (κ1) is 9.71. The van der Waals surface area contributed by atoms with Crippen molar-refractivity contribution in [1.82, 2.24) is 0 Å². The molecule has 14 heavy (non-hydrogen) atoms. The second-order valence-corrected chi connectivity index (χ2v) is 4.73. The fourth-order valence-electron chi connectivity index (χ4n) is 2.01. The summed E-state index contributed by atoms with van der Waals surface area (Å²) in [5.41, 5.74) is 2.75. The summed E-state index contributed by atoms with van der Waals surface area (Å²) >= 11 is 1.81. The minimum Gasteiger partial charge on any atom is -0.481 e. The Balaban J connectivity index is 2.10. The summed E-state index contributed by atoms with van der Waals surface area (Å²) in [5, 5.41) is 10.8. The number of rotatable bonds is 3. The molecule has 0 amide bonds. The van der Waals surface area contributed by atoms with E-state index in [1.807, 2.05) is 11.3 Å². The Morgan fingerprint density at radius 1 is 1.43 bits per heavy atom. The molecule has 0 saturated heterocycles. The van der Waals surface area contributed by atoms with Crippen LogP contribution in [0.25, 0.3) is 0 Å². The Hall–Kier alpha value is -0.830. The first-order valence-corrected chi connectivity index (χ1v) is 5.95. The summed E-state index contributed by atoms with van der Waals surface area (Å²) in [5.74, 6) is -0.694. The van der Waals surface area contributed by atoms with Gasteiger partial charge in [0.25, 0.3) is 0 Å². The monoisotopic (exact) mass is 210 g/mol. The van der Waals surface area contributed by atoms with E-state index in [2.05, 4.69) is 5.38 Å². The molecular formula is C11H14O2S. The van der Waals surface area contributed by atoms with Gasteiger partial charge < -0.3 is 5.11 Å². The maximum absolute atomic E-state index is 10.5. The van der Waals surface area contributed by atoms with Crippen LogP contribution in [0.4, 0.5) is 0 Å². The van der Waals surface area contributed by atoms with Crippen LogP contribution in [0, 0.1) is 0 Å². The van der Waals surface area contributed by atoms with Crippen LogP contribution in [0.5, 0.6) is 0 Å². The number of carbonyl (C=O) groups is 1. The van der Waals surface area contributed by atoms with Crippen LogP contribution in [0.1, 0.15) is 35.3 Å². The maximum Gasteiger partial charge on any atom is 0.303 e. The average molecular weight is 210 g/mol. The van der Waals surface area contributed by atoms with Crippen molar-refractivity contribution >= 4 is 17.3 Å². The van der Waals surface area contributed by atoms with Gasteiger partial charge in [-0.25, -0.2) is 0 Å². The molecule has 0 spiro atoms. The molecule has 2 rings (SSSR count). The number of fused-ring (bicyclic) bond motifs is 1. The smallest absolute Gasteiger partial charge is 0.303 e. The topological polar surface area (TPSA) is 37.3 Å². The van der Waals surface area contributed by atoms with Crippen molar-refractivity contribution in [3.63, 3.8) is 0 Å². The van der Waals surface area contributed by atoms with Crippen molar-refractivity contribution < 1.29 is 9.90 Å². The van der Waals surface area contributed by atoms with Gasteiger partial charge in [0, 0.05) is 11.3 Å². The zero-order valence-corrected chi connectivity index (χ0v) is 8.90.